The first-order chi connectivity index (χ1) is 8.18. The van der Waals surface area contributed by atoms with Gasteiger partial charge in [-0.05, 0) is 21.2 Å². The Morgan fingerprint density at radius 1 is 1.11 bits per heavy atom. The zero-order chi connectivity index (χ0) is 14.1. The van der Waals surface area contributed by atoms with E-state index in [1.807, 2.05) is 0 Å². The van der Waals surface area contributed by atoms with Crippen molar-refractivity contribution in [3.8, 4) is 0 Å². The topological polar surface area (TPSA) is 104 Å². The van der Waals surface area contributed by atoms with E-state index in [1.54, 1.807) is 0 Å². The van der Waals surface area contributed by atoms with Gasteiger partial charge in [-0.25, -0.2) is 0 Å². The molecule has 0 aliphatic rings. The third-order valence-corrected chi connectivity index (χ3v) is 4.01. The van der Waals surface area contributed by atoms with Crippen LogP contribution in [0.3, 0.4) is 0 Å². The van der Waals surface area contributed by atoms with Crippen LogP contribution in [0, 0.1) is 0 Å². The van der Waals surface area contributed by atoms with Crippen LogP contribution in [0.25, 0.3) is 0 Å². The van der Waals surface area contributed by atoms with Crippen LogP contribution in [0.1, 0.15) is 5.56 Å². The number of aliphatic hydroxyl groups is 1. The highest BCUT2D eigenvalue weighted by Crippen LogP contribution is 2.52. The van der Waals surface area contributed by atoms with Crippen LogP contribution < -0.4 is 0 Å². The molecule has 3 atom stereocenters. The fraction of sp³-hybridized carbons (Fsp3) is 0.143. The zero-order valence-electron chi connectivity index (χ0n) is 8.25. The maximum atomic E-state index is 11.1. The van der Waals surface area contributed by atoms with Gasteiger partial charge in [-0.1, -0.05) is 34.8 Å². The first kappa shape index (κ1) is 16.2. The van der Waals surface area contributed by atoms with Crippen molar-refractivity contribution in [1.82, 2.24) is 0 Å². The molecular formula is C7H5Cl3O6P2+2. The van der Waals surface area contributed by atoms with E-state index in [-0.39, 0.29) is 15.1 Å². The molecule has 0 spiro atoms. The molecule has 0 bridgehead atoms. The Bertz CT molecular complexity index is 501. The third kappa shape index (κ3) is 3.36. The smallest absolute Gasteiger partial charge is 0.317 e. The monoisotopic (exact) mass is 352 g/mol. The molecule has 0 aromatic heterocycles. The van der Waals surface area contributed by atoms with Crippen molar-refractivity contribution < 1.29 is 28.5 Å². The lowest BCUT2D eigenvalue weighted by Gasteiger charge is -2.12. The fourth-order valence-electron chi connectivity index (χ4n) is 1.14. The molecule has 0 radical (unpaired) electrons. The summed E-state index contributed by atoms with van der Waals surface area (Å²) in [5.41, 5.74) is -3.52. The van der Waals surface area contributed by atoms with Crippen molar-refractivity contribution in [3.63, 3.8) is 0 Å². The van der Waals surface area contributed by atoms with Crippen molar-refractivity contribution in [3.05, 3.63) is 32.8 Å². The number of benzene rings is 1. The van der Waals surface area contributed by atoms with E-state index in [0.717, 1.165) is 12.1 Å². The van der Waals surface area contributed by atoms with E-state index in [9.17, 15) is 14.2 Å². The van der Waals surface area contributed by atoms with Crippen LogP contribution >= 0.6 is 51.1 Å². The van der Waals surface area contributed by atoms with Gasteiger partial charge in [-0.2, -0.15) is 4.89 Å². The minimum Gasteiger partial charge on any atom is -0.317 e. The van der Waals surface area contributed by atoms with E-state index in [1.165, 1.54) is 0 Å². The molecule has 3 N–H and O–H groups in total. The molecule has 0 fully saturated rings. The summed E-state index contributed by atoms with van der Waals surface area (Å²) in [6, 6.07) is 2.25. The van der Waals surface area contributed by atoms with Gasteiger partial charge < -0.3 is 5.11 Å². The molecule has 0 amide bonds. The SMILES string of the molecule is O=[P+](O)OC(O)(c1c(Cl)cc(Cl)cc1Cl)[P+](=O)O. The van der Waals surface area contributed by atoms with Gasteiger partial charge in [0.25, 0.3) is 0 Å². The highest BCUT2D eigenvalue weighted by Gasteiger charge is 2.61. The molecule has 0 saturated heterocycles. The van der Waals surface area contributed by atoms with E-state index < -0.39 is 27.4 Å². The number of rotatable bonds is 4. The van der Waals surface area contributed by atoms with Crippen molar-refractivity contribution >= 4 is 51.1 Å². The summed E-state index contributed by atoms with van der Waals surface area (Å²) in [7, 11) is -6.84. The van der Waals surface area contributed by atoms with Gasteiger partial charge in [0.1, 0.15) is 5.56 Å². The Kier molecular flexibility index (Phi) is 5.44. The van der Waals surface area contributed by atoms with Crippen molar-refractivity contribution in [2.75, 3.05) is 0 Å². The maximum Gasteiger partial charge on any atom is 0.702 e. The van der Waals surface area contributed by atoms with Crippen LogP contribution in [0.15, 0.2) is 12.1 Å². The summed E-state index contributed by atoms with van der Waals surface area (Å²) in [4.78, 5) is 17.6. The molecule has 1 aromatic carbocycles. The lowest BCUT2D eigenvalue weighted by Crippen LogP contribution is -2.23. The molecule has 0 aliphatic heterocycles. The van der Waals surface area contributed by atoms with Crippen molar-refractivity contribution in [2.45, 2.75) is 5.53 Å². The molecule has 98 valence electrons. The molecule has 1 aromatic rings. The fourth-order valence-corrected chi connectivity index (χ4v) is 3.57. The highest BCUT2D eigenvalue weighted by molar-refractivity contribution is 7.40. The van der Waals surface area contributed by atoms with E-state index in [4.69, 9.17) is 44.6 Å². The predicted octanol–water partition coefficient (Wildman–Crippen LogP) is 3.15. The van der Waals surface area contributed by atoms with Gasteiger partial charge in [0.2, 0.25) is 0 Å². The van der Waals surface area contributed by atoms with Crippen molar-refractivity contribution in [2.24, 2.45) is 0 Å². The summed E-state index contributed by atoms with van der Waals surface area (Å²) in [5, 5.41) is 9.40. The maximum absolute atomic E-state index is 11.1. The molecule has 0 aliphatic carbocycles. The van der Waals surface area contributed by atoms with Crippen molar-refractivity contribution in [1.29, 1.82) is 0 Å². The molecule has 18 heavy (non-hydrogen) atoms. The lowest BCUT2D eigenvalue weighted by molar-refractivity contribution is -0.0739. The van der Waals surface area contributed by atoms with Crippen LogP contribution in [-0.4, -0.2) is 14.9 Å². The van der Waals surface area contributed by atoms with Crippen LogP contribution in [0.2, 0.25) is 15.1 Å². The normalized spacial score (nSPS) is 16.1. The summed E-state index contributed by atoms with van der Waals surface area (Å²) >= 11 is 17.1. The second-order valence-electron chi connectivity index (χ2n) is 2.95. The Balaban J connectivity index is 3.48. The molecule has 6 nitrogen and oxygen atoms in total. The summed E-state index contributed by atoms with van der Waals surface area (Å²) in [5.74, 6) is 0. The van der Waals surface area contributed by atoms with Gasteiger partial charge in [0.15, 0.2) is 0 Å². The Morgan fingerprint density at radius 3 is 1.89 bits per heavy atom. The molecule has 1 rings (SSSR count). The number of halogens is 3. The zero-order valence-corrected chi connectivity index (χ0v) is 12.3. The van der Waals surface area contributed by atoms with Gasteiger partial charge in [0.05, 0.1) is 10.0 Å². The average Bonchev–Trinajstić information content (AvgIpc) is 2.13. The molecule has 11 heteroatoms. The summed E-state index contributed by atoms with van der Waals surface area (Å²) in [6.45, 7) is 0. The minimum absolute atomic E-state index is 0.109. The predicted molar refractivity (Wildman–Crippen MR) is 66.1 cm³/mol. The average molecular weight is 353 g/mol. The highest BCUT2D eigenvalue weighted by atomic mass is 35.5. The number of hydrogen-bond acceptors (Lipinski definition) is 4. The Labute approximate surface area is 118 Å². The second kappa shape index (κ2) is 6.06. The Hall–Kier alpha value is 0.130. The molecule has 0 heterocycles. The third-order valence-electron chi connectivity index (χ3n) is 1.80. The Morgan fingerprint density at radius 2 is 1.56 bits per heavy atom. The first-order valence-electron chi connectivity index (χ1n) is 4.07. The largest absolute Gasteiger partial charge is 0.702 e. The van der Waals surface area contributed by atoms with E-state index >= 15 is 0 Å². The van der Waals surface area contributed by atoms with Crippen LogP contribution in [0.5, 0.6) is 0 Å². The van der Waals surface area contributed by atoms with Gasteiger partial charge in [-0.15, -0.1) is 4.89 Å². The lowest BCUT2D eigenvalue weighted by atomic mass is 10.2. The van der Waals surface area contributed by atoms with Gasteiger partial charge in [0, 0.05) is 9.59 Å². The standard InChI is InChI=1S/C7H3Cl3O6P2/c8-3-1-4(9)6(5(10)2-3)7(11,17(12)13)16-18(14)15/h1-2,11H/p+2. The second-order valence-corrected chi connectivity index (χ2v) is 6.02. The summed E-state index contributed by atoms with van der Waals surface area (Å²) < 4.78 is 25.9. The van der Waals surface area contributed by atoms with E-state index in [0.29, 0.717) is 0 Å². The summed E-state index contributed by atoms with van der Waals surface area (Å²) in [6.07, 6.45) is 0. The van der Waals surface area contributed by atoms with E-state index in [2.05, 4.69) is 4.52 Å². The quantitative estimate of drug-likeness (QED) is 0.567. The molecule has 0 saturated carbocycles. The minimum atomic E-state index is -3.47. The first-order valence-corrected chi connectivity index (χ1v) is 7.55. The van der Waals surface area contributed by atoms with Gasteiger partial charge in [-0.3, -0.25) is 0 Å². The van der Waals surface area contributed by atoms with Gasteiger partial charge >= 0.3 is 21.8 Å². The molecule has 3 unspecified atom stereocenters. The number of hydrogen-bond donors (Lipinski definition) is 3. The van der Waals surface area contributed by atoms with Crippen LogP contribution in [0.4, 0.5) is 0 Å². The molecular weight excluding hydrogens is 348 g/mol. The van der Waals surface area contributed by atoms with Crippen LogP contribution in [-0.2, 0) is 19.2 Å².